The number of unbranched alkanes of at least 4 members (excludes halogenated alkanes) is 2. The van der Waals surface area contributed by atoms with Gasteiger partial charge < -0.3 is 39.4 Å². The maximum Gasteiger partial charge on any atom is 0.333 e. The van der Waals surface area contributed by atoms with E-state index in [1.54, 1.807) is 65.1 Å². The molecule has 2 N–H and O–H groups in total. The summed E-state index contributed by atoms with van der Waals surface area (Å²) in [6.07, 6.45) is 16.2. The minimum atomic E-state index is -1.15. The number of hydrogen-bond donors (Lipinski definition) is 2. The number of ether oxygens (including phenoxy) is 4. The summed E-state index contributed by atoms with van der Waals surface area (Å²) in [6.45, 7) is 30.8. The van der Waals surface area contributed by atoms with Gasteiger partial charge in [0.1, 0.15) is 25.0 Å². The first-order valence-corrected chi connectivity index (χ1v) is 28.2. The molecular weight excluding hydrogens is 1050 g/mol. The Balaban J connectivity index is -0.000000340. The second-order valence-electron chi connectivity index (χ2n) is 18.7. The molecule has 0 fully saturated rings. The predicted octanol–water partition coefficient (Wildman–Crippen LogP) is 10.0. The van der Waals surface area contributed by atoms with Crippen LogP contribution >= 0.6 is 71.5 Å². The molecule has 14 nitrogen and oxygen atoms in total. The van der Waals surface area contributed by atoms with Crippen molar-refractivity contribution in [3.8, 4) is 24.7 Å². The lowest BCUT2D eigenvalue weighted by molar-refractivity contribution is -0.163. The van der Waals surface area contributed by atoms with Gasteiger partial charge >= 0.3 is 23.9 Å². The smallest absolute Gasteiger partial charge is 0.333 e. The van der Waals surface area contributed by atoms with Crippen molar-refractivity contribution in [1.82, 2.24) is 20.4 Å². The Bertz CT molecular complexity index is 1780. The number of terminal acetylenes is 2. The van der Waals surface area contributed by atoms with Gasteiger partial charge in [-0.15, -0.1) is 36.4 Å². The van der Waals surface area contributed by atoms with Gasteiger partial charge in [-0.2, -0.15) is 0 Å². The first-order valence-electron chi connectivity index (χ1n) is 23.8. The van der Waals surface area contributed by atoms with Crippen molar-refractivity contribution in [3.63, 3.8) is 0 Å². The highest BCUT2D eigenvalue weighted by Crippen LogP contribution is 2.42. The Morgan fingerprint density at radius 3 is 1.58 bits per heavy atom. The number of rotatable bonds is 28. The van der Waals surface area contributed by atoms with Crippen LogP contribution in [-0.2, 0) is 47.7 Å². The minimum Gasteiger partial charge on any atom is -0.464 e. The summed E-state index contributed by atoms with van der Waals surface area (Å²) in [5, 5.41) is 4.96. The predicted molar refractivity (Wildman–Crippen MR) is 321 cm³/mol. The summed E-state index contributed by atoms with van der Waals surface area (Å²) in [4.78, 5) is 76.1. The summed E-state index contributed by atoms with van der Waals surface area (Å²) in [5.74, 6) is 4.52. The fourth-order valence-corrected chi connectivity index (χ4v) is 11.2. The Hall–Kier alpha value is -3.08. The van der Waals surface area contributed by atoms with Gasteiger partial charge in [-0.05, 0) is 141 Å². The van der Waals surface area contributed by atoms with Crippen molar-refractivity contribution in [3.05, 3.63) is 24.8 Å². The number of amides is 2. The molecule has 0 aliphatic heterocycles. The Kier molecular flexibility index (Phi) is 48.7. The van der Waals surface area contributed by atoms with Gasteiger partial charge in [0.05, 0.1) is 16.1 Å². The van der Waals surface area contributed by atoms with Crippen LogP contribution in [-0.4, -0.2) is 154 Å². The molecular formula is C53H92N4O10S6. The monoisotopic (exact) mass is 1140 g/mol. The maximum atomic E-state index is 13.4. The Morgan fingerprint density at radius 2 is 1.18 bits per heavy atom. The van der Waals surface area contributed by atoms with Crippen LogP contribution in [0, 0.1) is 35.5 Å². The Labute approximate surface area is 470 Å². The van der Waals surface area contributed by atoms with Crippen LogP contribution in [0.3, 0.4) is 0 Å². The van der Waals surface area contributed by atoms with Crippen LogP contribution in [0.15, 0.2) is 24.8 Å². The number of likely N-dealkylation sites (N-methyl/N-ethyl adjacent to an activating group) is 2. The van der Waals surface area contributed by atoms with E-state index in [9.17, 15) is 28.8 Å². The molecule has 0 aliphatic carbocycles. The number of carbonyl (C=O) groups excluding carboxylic acids is 6. The molecule has 420 valence electrons. The van der Waals surface area contributed by atoms with Gasteiger partial charge in [-0.1, -0.05) is 107 Å². The van der Waals surface area contributed by atoms with Crippen molar-refractivity contribution < 1.29 is 47.7 Å². The molecule has 73 heavy (non-hydrogen) atoms. The third-order valence-electron chi connectivity index (χ3n) is 8.82. The van der Waals surface area contributed by atoms with Crippen LogP contribution < -0.4 is 10.6 Å². The third kappa shape index (κ3) is 44.9. The largest absolute Gasteiger partial charge is 0.464 e. The van der Waals surface area contributed by atoms with Crippen molar-refractivity contribution in [2.75, 3.05) is 79.2 Å². The first kappa shape index (κ1) is 78.8. The second kappa shape index (κ2) is 45.1. The molecule has 2 unspecified atom stereocenters. The molecule has 20 heteroatoms. The zero-order valence-electron chi connectivity index (χ0n) is 46.2. The number of nitrogens with zero attached hydrogens (tertiary/aromatic N) is 2. The lowest BCUT2D eigenvalue weighted by Gasteiger charge is -2.36. The summed E-state index contributed by atoms with van der Waals surface area (Å²) < 4.78 is 21.3. The van der Waals surface area contributed by atoms with Gasteiger partial charge in [0.2, 0.25) is 11.8 Å². The molecule has 0 heterocycles. The fourth-order valence-electron chi connectivity index (χ4n) is 5.15. The lowest BCUT2D eigenvalue weighted by Crippen LogP contribution is -2.45. The molecule has 2 atom stereocenters. The molecule has 0 rings (SSSR count). The topological polar surface area (TPSA) is 170 Å². The van der Waals surface area contributed by atoms with E-state index in [0.29, 0.717) is 22.3 Å². The molecule has 0 bridgehead atoms. The number of hydrogen-bond acceptors (Lipinski definition) is 18. The third-order valence-corrected chi connectivity index (χ3v) is 14.5. The normalized spacial score (nSPS) is 11.9. The van der Waals surface area contributed by atoms with Gasteiger partial charge in [-0.3, -0.25) is 24.0 Å². The number of nitrogens with one attached hydrogen (secondary N) is 2. The molecule has 0 aromatic carbocycles. The van der Waals surface area contributed by atoms with E-state index in [-0.39, 0.29) is 75.9 Å². The van der Waals surface area contributed by atoms with Crippen molar-refractivity contribution in [2.45, 2.75) is 151 Å². The van der Waals surface area contributed by atoms with E-state index in [2.05, 4.69) is 49.5 Å². The molecule has 2 amide bonds. The fraction of sp³-hybridized carbons (Fsp3) is 0.698. The number of thioether (sulfide) groups is 4. The van der Waals surface area contributed by atoms with E-state index in [4.69, 9.17) is 56.2 Å². The highest BCUT2D eigenvalue weighted by molar-refractivity contribution is 8.48. The molecule has 0 saturated carbocycles. The summed E-state index contributed by atoms with van der Waals surface area (Å²) in [7, 11) is 7.62. The van der Waals surface area contributed by atoms with E-state index in [1.165, 1.54) is 29.6 Å². The molecule has 0 aromatic heterocycles. The number of esters is 4. The van der Waals surface area contributed by atoms with Gasteiger partial charge in [0.25, 0.3) is 0 Å². The summed E-state index contributed by atoms with van der Waals surface area (Å²) >= 11 is 16.6. The first-order chi connectivity index (χ1) is 33.3. The summed E-state index contributed by atoms with van der Waals surface area (Å²) in [6, 6.07) is 0.135. The maximum absolute atomic E-state index is 13.4. The van der Waals surface area contributed by atoms with Gasteiger partial charge in [0, 0.05) is 30.7 Å². The summed E-state index contributed by atoms with van der Waals surface area (Å²) in [5.41, 5.74) is -1.74. The highest BCUT2D eigenvalue weighted by atomic mass is 32.2. The van der Waals surface area contributed by atoms with Crippen LogP contribution in [0.25, 0.3) is 0 Å². The zero-order chi connectivity index (χ0) is 56.7. The highest BCUT2D eigenvalue weighted by Gasteiger charge is 2.46. The van der Waals surface area contributed by atoms with Crippen LogP contribution in [0.5, 0.6) is 0 Å². The average molecular weight is 1140 g/mol. The average Bonchev–Trinajstić information content (AvgIpc) is 3.26. The van der Waals surface area contributed by atoms with E-state index in [1.807, 2.05) is 65.7 Å². The van der Waals surface area contributed by atoms with Crippen LogP contribution in [0.1, 0.15) is 129 Å². The second-order valence-corrected chi connectivity index (χ2v) is 26.1. The van der Waals surface area contributed by atoms with Crippen molar-refractivity contribution >= 4 is 114 Å². The van der Waals surface area contributed by atoms with Gasteiger partial charge in [0.15, 0.2) is 13.2 Å². The molecule has 0 spiro atoms. The minimum absolute atomic E-state index is 0. The number of carbonyl (C=O) groups is 6. The molecule has 0 radical (unpaired) electrons. The molecule has 0 aliphatic rings. The van der Waals surface area contributed by atoms with Crippen LogP contribution in [0.2, 0.25) is 0 Å². The Morgan fingerprint density at radius 1 is 0.726 bits per heavy atom. The molecule has 0 aromatic rings. The van der Waals surface area contributed by atoms with E-state index >= 15 is 0 Å². The SMILES string of the molecule is C.C#CCOC(=O)C(C)(C)CC(C)(CC(SC(=S)SCCCC)C(=O)NC(C)C)C(=O)OCCN(C)C.C#CCOC(=O)C(C)(C)SC(=S)SCCCC.C=C(C)C(=O)OCCN(C)C.C=CC(=O)NC(C)C. The zero-order valence-corrected chi connectivity index (χ0v) is 51.1. The van der Waals surface area contributed by atoms with Gasteiger partial charge in [-0.25, -0.2) is 4.79 Å². The lowest BCUT2D eigenvalue weighted by atomic mass is 9.71. The molecule has 0 saturated heterocycles. The van der Waals surface area contributed by atoms with Crippen LogP contribution in [0.4, 0.5) is 0 Å². The van der Waals surface area contributed by atoms with E-state index < -0.39 is 32.8 Å². The quantitative estimate of drug-likeness (QED) is 0.0189. The standard InChI is InChI=1S/C26H44N2O5S3.C12H18O2S3.C8H15NO2.C6H11NO.CH4/c1-10-12-16-35-24(34)36-20(21(29)27-19(3)4)17-26(7,23(31)33-15-13-28(8)9)18-25(5,6)22(30)32-14-11-2;1-5-7-9-16-11(15)17-12(3,4)10(13)14-8-6-2;1-7(2)8(10)11-6-5-9(3)4;1-4-6(8)7-5(2)3;/h2,19-20H,10,12-18H2,1,3-9H3,(H,27,29);2H,5,7-9H2,1,3-4H3;1,5-6H2,2-4H3;4-5H,1H2,2-3H3,(H,7,8);1H4. The van der Waals surface area contributed by atoms with Crippen molar-refractivity contribution in [2.24, 2.45) is 10.8 Å². The van der Waals surface area contributed by atoms with E-state index in [0.717, 1.165) is 47.3 Å². The van der Waals surface area contributed by atoms with Crippen molar-refractivity contribution in [1.29, 1.82) is 0 Å². The number of thiocarbonyl (C=S) groups is 2.